The van der Waals surface area contributed by atoms with Crippen molar-refractivity contribution in [3.63, 3.8) is 0 Å². The molecule has 0 spiro atoms. The van der Waals surface area contributed by atoms with Crippen LogP contribution in [0, 0.1) is 13.8 Å². The van der Waals surface area contributed by atoms with Crippen molar-refractivity contribution in [2.24, 2.45) is 0 Å². The highest BCUT2D eigenvalue weighted by Crippen LogP contribution is 2.47. The average molecular weight is 444 g/mol. The van der Waals surface area contributed by atoms with Crippen LogP contribution in [0.5, 0.6) is 0 Å². The van der Waals surface area contributed by atoms with Crippen molar-refractivity contribution in [1.29, 1.82) is 0 Å². The smallest absolute Gasteiger partial charge is 0.246 e. The molecular formula is C18H25N3O4S3. The third-order valence-electron chi connectivity index (χ3n) is 5.89. The third kappa shape index (κ3) is 3.18. The highest BCUT2D eigenvalue weighted by Gasteiger charge is 2.53. The van der Waals surface area contributed by atoms with E-state index >= 15 is 0 Å². The molecule has 4 rings (SSSR count). The van der Waals surface area contributed by atoms with Crippen LogP contribution in [-0.2, 0) is 19.6 Å². The Bertz CT molecular complexity index is 921. The van der Waals surface area contributed by atoms with E-state index in [-0.39, 0.29) is 29.8 Å². The summed E-state index contributed by atoms with van der Waals surface area (Å²) < 4.78 is 27.4. The largest absolute Gasteiger partial charge is 0.338 e. The fourth-order valence-corrected chi connectivity index (χ4v) is 8.73. The first-order valence-corrected chi connectivity index (χ1v) is 12.7. The summed E-state index contributed by atoms with van der Waals surface area (Å²) in [6.07, 6.45) is 1.28. The van der Waals surface area contributed by atoms with E-state index in [2.05, 4.69) is 0 Å². The van der Waals surface area contributed by atoms with Crippen LogP contribution in [0.1, 0.15) is 29.5 Å². The van der Waals surface area contributed by atoms with E-state index in [1.54, 1.807) is 27.6 Å². The lowest BCUT2D eigenvalue weighted by molar-refractivity contribution is -0.144. The van der Waals surface area contributed by atoms with Crippen molar-refractivity contribution in [3.05, 3.63) is 15.8 Å². The number of fused-ring (bicyclic) bond motifs is 1. The van der Waals surface area contributed by atoms with Gasteiger partial charge in [-0.25, -0.2) is 8.42 Å². The maximum Gasteiger partial charge on any atom is 0.246 e. The normalized spacial score (nSPS) is 28.8. The molecule has 4 heterocycles. The minimum atomic E-state index is -3.54. The van der Waals surface area contributed by atoms with Gasteiger partial charge < -0.3 is 9.80 Å². The number of thioether (sulfide) groups is 1. The molecule has 3 aliphatic rings. The number of thiophene rings is 1. The number of amides is 2. The molecule has 0 aromatic carbocycles. The molecule has 2 atom stereocenters. The van der Waals surface area contributed by atoms with E-state index in [1.807, 2.05) is 20.8 Å². The van der Waals surface area contributed by atoms with Gasteiger partial charge in [-0.15, -0.1) is 23.1 Å². The zero-order chi connectivity index (χ0) is 20.3. The van der Waals surface area contributed by atoms with Gasteiger partial charge in [0.15, 0.2) is 0 Å². The number of rotatable bonds is 3. The van der Waals surface area contributed by atoms with Crippen LogP contribution in [0.25, 0.3) is 0 Å². The lowest BCUT2D eigenvalue weighted by Gasteiger charge is -2.37. The van der Waals surface area contributed by atoms with Crippen LogP contribution < -0.4 is 0 Å². The van der Waals surface area contributed by atoms with Gasteiger partial charge in [0.05, 0.1) is 9.77 Å². The summed E-state index contributed by atoms with van der Waals surface area (Å²) in [5.74, 6) is 0.619. The Balaban J connectivity index is 1.44. The molecule has 0 saturated carbocycles. The zero-order valence-electron chi connectivity index (χ0n) is 16.3. The first-order valence-electron chi connectivity index (χ1n) is 9.45. The van der Waals surface area contributed by atoms with E-state index in [1.165, 1.54) is 15.6 Å². The number of nitrogens with zero attached hydrogens (tertiary/aromatic N) is 3. The summed E-state index contributed by atoms with van der Waals surface area (Å²) in [5.41, 5.74) is 0. The van der Waals surface area contributed by atoms with Crippen LogP contribution in [0.15, 0.2) is 11.0 Å². The fraction of sp³-hybridized carbons (Fsp3) is 0.667. The lowest BCUT2D eigenvalue weighted by Crippen LogP contribution is -2.56. The fourth-order valence-electron chi connectivity index (χ4n) is 4.37. The SMILES string of the molecule is Cc1cc(S(=O)(=O)N2CCN(C(=O)C3CSC4(C)CCC(=O)N34)CC2)c(C)s1. The second kappa shape index (κ2) is 7.00. The van der Waals surface area contributed by atoms with Crippen LogP contribution in [0.3, 0.4) is 0 Å². The Labute approximate surface area is 174 Å². The van der Waals surface area contributed by atoms with Crippen LogP contribution >= 0.6 is 23.1 Å². The maximum atomic E-state index is 13.1. The molecule has 0 radical (unpaired) electrons. The van der Waals surface area contributed by atoms with Gasteiger partial charge in [-0.2, -0.15) is 4.31 Å². The monoisotopic (exact) mass is 443 g/mol. The summed E-state index contributed by atoms with van der Waals surface area (Å²) in [4.78, 5) is 30.7. The molecule has 10 heteroatoms. The Morgan fingerprint density at radius 2 is 1.89 bits per heavy atom. The molecule has 2 unspecified atom stereocenters. The Kier molecular flexibility index (Phi) is 5.05. The van der Waals surface area contributed by atoms with Crippen LogP contribution in [0.4, 0.5) is 0 Å². The van der Waals surface area contributed by atoms with E-state index in [0.29, 0.717) is 30.2 Å². The van der Waals surface area contributed by atoms with Crippen LogP contribution in [-0.4, -0.2) is 77.2 Å². The number of carbonyl (C=O) groups excluding carboxylic acids is 2. The molecule has 3 aliphatic heterocycles. The van der Waals surface area contributed by atoms with E-state index in [4.69, 9.17) is 0 Å². The number of carbonyl (C=O) groups is 2. The summed E-state index contributed by atoms with van der Waals surface area (Å²) in [6, 6.07) is 1.30. The molecule has 3 fully saturated rings. The van der Waals surface area contributed by atoms with Gasteiger partial charge in [-0.05, 0) is 33.3 Å². The standard InChI is InChI=1S/C18H25N3O4S3/c1-12-10-15(13(2)27-12)28(24,25)20-8-6-19(7-9-20)17(23)14-11-26-18(3)5-4-16(22)21(14)18/h10,14H,4-9,11H2,1-3H3. The minimum absolute atomic E-state index is 0.0499. The van der Waals surface area contributed by atoms with Crippen molar-refractivity contribution in [2.45, 2.75) is 49.4 Å². The first-order chi connectivity index (χ1) is 13.1. The average Bonchev–Trinajstić information content (AvgIpc) is 3.27. The topological polar surface area (TPSA) is 78.0 Å². The van der Waals surface area contributed by atoms with Crippen LogP contribution in [0.2, 0.25) is 0 Å². The molecule has 0 N–H and O–H groups in total. The lowest BCUT2D eigenvalue weighted by atomic mass is 10.2. The van der Waals surface area contributed by atoms with E-state index in [9.17, 15) is 18.0 Å². The number of piperazine rings is 1. The molecule has 3 saturated heterocycles. The van der Waals surface area contributed by atoms with Crippen molar-refractivity contribution in [3.8, 4) is 0 Å². The van der Waals surface area contributed by atoms with Crippen molar-refractivity contribution < 1.29 is 18.0 Å². The Morgan fingerprint density at radius 3 is 2.50 bits per heavy atom. The second-order valence-corrected chi connectivity index (χ2v) is 12.6. The van der Waals surface area contributed by atoms with Gasteiger partial charge in [-0.3, -0.25) is 9.59 Å². The Hall–Kier alpha value is -1.10. The number of hydrogen-bond donors (Lipinski definition) is 0. The van der Waals surface area contributed by atoms with Gasteiger partial charge in [0, 0.05) is 48.1 Å². The highest BCUT2D eigenvalue weighted by atomic mass is 32.2. The quantitative estimate of drug-likeness (QED) is 0.710. The number of aryl methyl sites for hydroxylation is 2. The van der Waals surface area contributed by atoms with Gasteiger partial charge in [0.2, 0.25) is 21.8 Å². The van der Waals surface area contributed by atoms with Gasteiger partial charge in [-0.1, -0.05) is 0 Å². The first kappa shape index (κ1) is 20.2. The second-order valence-electron chi connectivity index (χ2n) is 7.77. The molecule has 28 heavy (non-hydrogen) atoms. The van der Waals surface area contributed by atoms with Gasteiger partial charge >= 0.3 is 0 Å². The molecule has 154 valence electrons. The number of sulfonamides is 1. The predicted molar refractivity (Wildman–Crippen MR) is 110 cm³/mol. The molecular weight excluding hydrogens is 418 g/mol. The molecule has 7 nitrogen and oxygen atoms in total. The zero-order valence-corrected chi connectivity index (χ0v) is 18.8. The van der Waals surface area contributed by atoms with E-state index in [0.717, 1.165) is 16.2 Å². The van der Waals surface area contributed by atoms with Gasteiger partial charge in [0.1, 0.15) is 6.04 Å². The molecule has 1 aromatic heterocycles. The Morgan fingerprint density at radius 1 is 1.21 bits per heavy atom. The number of hydrogen-bond acceptors (Lipinski definition) is 6. The summed E-state index contributed by atoms with van der Waals surface area (Å²) >= 11 is 3.16. The molecule has 0 bridgehead atoms. The predicted octanol–water partition coefficient (Wildman–Crippen LogP) is 1.65. The van der Waals surface area contributed by atoms with Crippen molar-refractivity contribution in [1.82, 2.24) is 14.1 Å². The third-order valence-corrected chi connectivity index (χ3v) is 10.5. The highest BCUT2D eigenvalue weighted by molar-refractivity contribution is 8.01. The van der Waals surface area contributed by atoms with Crippen molar-refractivity contribution >= 4 is 44.9 Å². The summed E-state index contributed by atoms with van der Waals surface area (Å²) in [6.45, 7) is 7.05. The minimum Gasteiger partial charge on any atom is -0.338 e. The summed E-state index contributed by atoms with van der Waals surface area (Å²) in [7, 11) is -3.54. The molecule has 1 aromatic rings. The van der Waals surface area contributed by atoms with Crippen molar-refractivity contribution in [2.75, 3.05) is 31.9 Å². The summed E-state index contributed by atoms with van der Waals surface area (Å²) in [5, 5.41) is 0. The van der Waals surface area contributed by atoms with Gasteiger partial charge in [0.25, 0.3) is 0 Å². The molecule has 2 amide bonds. The maximum absolute atomic E-state index is 13.1. The van der Waals surface area contributed by atoms with E-state index < -0.39 is 16.1 Å². The molecule has 0 aliphatic carbocycles.